The fourth-order valence-corrected chi connectivity index (χ4v) is 2.09. The number of amides is 1. The van der Waals surface area contributed by atoms with Crippen LogP contribution < -0.4 is 5.32 Å². The summed E-state index contributed by atoms with van der Waals surface area (Å²) in [6.07, 6.45) is 0.743. The smallest absolute Gasteiger partial charge is 0.216 e. The Kier molecular flexibility index (Phi) is 8.32. The molecule has 1 saturated heterocycles. The van der Waals surface area contributed by atoms with Crippen molar-refractivity contribution in [3.63, 3.8) is 0 Å². The van der Waals surface area contributed by atoms with Gasteiger partial charge in [-0.05, 0) is 26.1 Å². The van der Waals surface area contributed by atoms with Gasteiger partial charge in [-0.25, -0.2) is 0 Å². The highest BCUT2D eigenvalue weighted by atomic mass is 16.1. The molecule has 0 radical (unpaired) electrons. The molecule has 6 nitrogen and oxygen atoms in total. The lowest BCUT2D eigenvalue weighted by atomic mass is 10.3. The third-order valence-electron chi connectivity index (χ3n) is 3.43. The lowest BCUT2D eigenvalue weighted by Gasteiger charge is -2.32. The van der Waals surface area contributed by atoms with Gasteiger partial charge in [-0.1, -0.05) is 6.07 Å². The number of piperazine rings is 1. The van der Waals surface area contributed by atoms with Crippen LogP contribution >= 0.6 is 0 Å². The van der Waals surface area contributed by atoms with Crippen LogP contribution in [0.1, 0.15) is 23.1 Å². The fourth-order valence-electron chi connectivity index (χ4n) is 2.09. The summed E-state index contributed by atoms with van der Waals surface area (Å²) in [6, 6.07) is 5.35. The molecule has 122 valence electrons. The summed E-state index contributed by atoms with van der Waals surface area (Å²) in [5, 5.41) is 2.81. The normalized spacial score (nSPS) is 15.6. The van der Waals surface area contributed by atoms with Gasteiger partial charge in [0.1, 0.15) is 5.69 Å². The molecule has 1 aliphatic rings. The van der Waals surface area contributed by atoms with Crippen molar-refractivity contribution in [3.8, 4) is 0 Å². The van der Waals surface area contributed by atoms with Crippen LogP contribution in [0.2, 0.25) is 0 Å². The Morgan fingerprint density at radius 3 is 2.50 bits per heavy atom. The Bertz CT molecular complexity index is 471. The van der Waals surface area contributed by atoms with Crippen molar-refractivity contribution >= 4 is 12.2 Å². The van der Waals surface area contributed by atoms with Gasteiger partial charge < -0.3 is 10.2 Å². The minimum Gasteiger partial charge on any atom is -0.355 e. The molecule has 1 N–H and O–H groups in total. The second-order valence-electron chi connectivity index (χ2n) is 5.45. The highest BCUT2D eigenvalue weighted by Crippen LogP contribution is 1.97. The maximum absolute atomic E-state index is 10.6. The molecule has 0 unspecified atom stereocenters. The van der Waals surface area contributed by atoms with Crippen LogP contribution in [-0.4, -0.2) is 73.3 Å². The molecular formula is C16H26N4O2. The SMILES string of the molecule is CC(=O)NCCN1CCN(C)CC1.Cc1cccc(C=O)n1. The first-order valence-electron chi connectivity index (χ1n) is 7.55. The summed E-state index contributed by atoms with van der Waals surface area (Å²) in [5.74, 6) is 0.0640. The van der Waals surface area contributed by atoms with E-state index in [9.17, 15) is 9.59 Å². The Morgan fingerprint density at radius 2 is 2.00 bits per heavy atom. The van der Waals surface area contributed by atoms with Gasteiger partial charge in [-0.15, -0.1) is 0 Å². The average Bonchev–Trinajstić information content (AvgIpc) is 2.49. The first kappa shape index (κ1) is 18.3. The number of rotatable bonds is 4. The molecule has 1 aromatic rings. The number of carbonyl (C=O) groups is 2. The minimum atomic E-state index is 0.0640. The molecule has 1 amide bonds. The van der Waals surface area contributed by atoms with Crippen molar-refractivity contribution in [2.45, 2.75) is 13.8 Å². The van der Waals surface area contributed by atoms with Gasteiger partial charge >= 0.3 is 0 Å². The number of aldehydes is 1. The van der Waals surface area contributed by atoms with E-state index in [2.05, 4.69) is 27.1 Å². The van der Waals surface area contributed by atoms with Gasteiger partial charge in [0.15, 0.2) is 6.29 Å². The number of aromatic nitrogens is 1. The quantitative estimate of drug-likeness (QED) is 0.824. The monoisotopic (exact) mass is 306 g/mol. The van der Waals surface area contributed by atoms with Gasteiger partial charge in [0.2, 0.25) is 5.91 Å². The van der Waals surface area contributed by atoms with Crippen molar-refractivity contribution in [3.05, 3.63) is 29.6 Å². The summed E-state index contributed by atoms with van der Waals surface area (Å²) >= 11 is 0. The van der Waals surface area contributed by atoms with E-state index in [-0.39, 0.29) is 5.91 Å². The van der Waals surface area contributed by atoms with Crippen molar-refractivity contribution in [1.82, 2.24) is 20.1 Å². The number of pyridine rings is 1. The molecule has 0 bridgehead atoms. The summed E-state index contributed by atoms with van der Waals surface area (Å²) in [4.78, 5) is 29.3. The molecule has 1 fully saturated rings. The third-order valence-corrected chi connectivity index (χ3v) is 3.43. The summed E-state index contributed by atoms with van der Waals surface area (Å²) in [6.45, 7) is 9.69. The van der Waals surface area contributed by atoms with Crippen LogP contribution in [0, 0.1) is 6.92 Å². The highest BCUT2D eigenvalue weighted by Gasteiger charge is 2.12. The molecule has 0 aromatic carbocycles. The van der Waals surface area contributed by atoms with Crippen molar-refractivity contribution in [2.24, 2.45) is 0 Å². The van der Waals surface area contributed by atoms with Crippen LogP contribution in [0.5, 0.6) is 0 Å². The Labute approximate surface area is 132 Å². The molecule has 2 rings (SSSR count). The molecular weight excluding hydrogens is 280 g/mol. The highest BCUT2D eigenvalue weighted by molar-refractivity contribution is 5.72. The Morgan fingerprint density at radius 1 is 1.32 bits per heavy atom. The molecule has 1 aliphatic heterocycles. The largest absolute Gasteiger partial charge is 0.355 e. The number of carbonyl (C=O) groups excluding carboxylic acids is 2. The lowest BCUT2D eigenvalue weighted by Crippen LogP contribution is -2.46. The molecule has 0 atom stereocenters. The average molecular weight is 306 g/mol. The van der Waals surface area contributed by atoms with Gasteiger partial charge in [-0.3, -0.25) is 19.5 Å². The van der Waals surface area contributed by atoms with Gasteiger partial charge in [0.05, 0.1) is 0 Å². The molecule has 0 aliphatic carbocycles. The fraction of sp³-hybridized carbons (Fsp3) is 0.562. The first-order valence-corrected chi connectivity index (χ1v) is 7.55. The van der Waals surface area contributed by atoms with Gasteiger partial charge in [0, 0.05) is 51.9 Å². The van der Waals surface area contributed by atoms with Gasteiger partial charge in [-0.2, -0.15) is 0 Å². The number of nitrogens with zero attached hydrogens (tertiary/aromatic N) is 3. The van der Waals surface area contributed by atoms with Crippen LogP contribution in [0.4, 0.5) is 0 Å². The number of nitrogens with one attached hydrogen (secondary N) is 1. The van der Waals surface area contributed by atoms with E-state index in [1.165, 1.54) is 0 Å². The maximum Gasteiger partial charge on any atom is 0.216 e. The minimum absolute atomic E-state index is 0.0640. The van der Waals surface area contributed by atoms with Crippen molar-refractivity contribution < 1.29 is 9.59 Å². The number of aryl methyl sites for hydroxylation is 1. The topological polar surface area (TPSA) is 65.5 Å². The zero-order valence-corrected chi connectivity index (χ0v) is 13.7. The number of hydrogen-bond donors (Lipinski definition) is 1. The van der Waals surface area contributed by atoms with Crippen molar-refractivity contribution in [2.75, 3.05) is 46.3 Å². The van der Waals surface area contributed by atoms with Crippen LogP contribution in [0.3, 0.4) is 0 Å². The summed E-state index contributed by atoms with van der Waals surface area (Å²) < 4.78 is 0. The molecule has 0 saturated carbocycles. The summed E-state index contributed by atoms with van der Waals surface area (Å²) in [5.41, 5.74) is 1.37. The first-order chi connectivity index (χ1) is 10.5. The van der Waals surface area contributed by atoms with Crippen LogP contribution in [0.25, 0.3) is 0 Å². The molecule has 1 aromatic heterocycles. The summed E-state index contributed by atoms with van der Waals surface area (Å²) in [7, 11) is 2.14. The van der Waals surface area contributed by atoms with E-state index in [0.29, 0.717) is 5.69 Å². The second kappa shape index (κ2) is 10.0. The molecule has 0 spiro atoms. The van der Waals surface area contributed by atoms with E-state index in [1.807, 2.05) is 19.1 Å². The molecule has 6 heteroatoms. The Hall–Kier alpha value is -1.79. The van der Waals surface area contributed by atoms with Crippen molar-refractivity contribution in [1.29, 1.82) is 0 Å². The van der Waals surface area contributed by atoms with Crippen LogP contribution in [-0.2, 0) is 4.79 Å². The van der Waals surface area contributed by atoms with E-state index in [1.54, 1.807) is 13.0 Å². The van der Waals surface area contributed by atoms with E-state index in [0.717, 1.165) is 51.2 Å². The van der Waals surface area contributed by atoms with E-state index < -0.39 is 0 Å². The second-order valence-corrected chi connectivity index (χ2v) is 5.45. The van der Waals surface area contributed by atoms with Crippen LogP contribution in [0.15, 0.2) is 18.2 Å². The maximum atomic E-state index is 10.6. The number of hydrogen-bond acceptors (Lipinski definition) is 5. The molecule has 22 heavy (non-hydrogen) atoms. The predicted octanol–water partition coefficient (Wildman–Crippen LogP) is 0.572. The molecule has 2 heterocycles. The lowest BCUT2D eigenvalue weighted by molar-refractivity contribution is -0.119. The van der Waals surface area contributed by atoms with E-state index in [4.69, 9.17) is 0 Å². The Balaban J connectivity index is 0.000000235. The number of likely N-dealkylation sites (N-methyl/N-ethyl adjacent to an activating group) is 1. The predicted molar refractivity (Wildman–Crippen MR) is 87.0 cm³/mol. The van der Waals surface area contributed by atoms with E-state index >= 15 is 0 Å². The van der Waals surface area contributed by atoms with Gasteiger partial charge in [0.25, 0.3) is 0 Å². The third kappa shape index (κ3) is 7.85. The zero-order chi connectivity index (χ0) is 16.4. The zero-order valence-electron chi connectivity index (χ0n) is 13.7. The standard InChI is InChI=1S/C9H19N3O.C7H7NO/c1-9(13)10-3-4-12-7-5-11(2)6-8-12;1-6-3-2-4-7(5-9)8-6/h3-8H2,1-2H3,(H,10,13);2-5H,1H3.